The minimum Gasteiger partial charge on any atom is -0.491 e. The van der Waals surface area contributed by atoms with Crippen molar-refractivity contribution < 1.29 is 19.1 Å². The Hall–Kier alpha value is -0.620. The van der Waals surface area contributed by atoms with Crippen LogP contribution in [0.5, 0.6) is 5.75 Å². The Kier molecular flexibility index (Phi) is 5.21. The van der Waals surface area contributed by atoms with Gasteiger partial charge >= 0.3 is 0 Å². The van der Waals surface area contributed by atoms with Crippen LogP contribution in [0.1, 0.15) is 0 Å². The van der Waals surface area contributed by atoms with Crippen LogP contribution >= 0.6 is 15.9 Å². The van der Waals surface area contributed by atoms with E-state index in [0.29, 0.717) is 13.2 Å². The monoisotopic (exact) mass is 330 g/mol. The van der Waals surface area contributed by atoms with Crippen molar-refractivity contribution in [3.05, 3.63) is 28.7 Å². The van der Waals surface area contributed by atoms with Gasteiger partial charge in [-0.3, -0.25) is 0 Å². The zero-order chi connectivity index (χ0) is 13.7. The van der Waals surface area contributed by atoms with Gasteiger partial charge in [-0.2, -0.15) is 0 Å². The van der Waals surface area contributed by atoms with E-state index in [0.717, 1.165) is 41.0 Å². The van der Waals surface area contributed by atoms with Gasteiger partial charge in [0.25, 0.3) is 0 Å². The predicted octanol–water partition coefficient (Wildman–Crippen LogP) is 1.67. The second-order valence-electron chi connectivity index (χ2n) is 5.28. The van der Waals surface area contributed by atoms with Crippen molar-refractivity contribution in [3.63, 3.8) is 0 Å². The van der Waals surface area contributed by atoms with Crippen molar-refractivity contribution >= 4 is 15.9 Å². The number of likely N-dealkylation sites (N-methyl/N-ethyl adjacent to an activating group) is 1. The first-order valence-corrected chi connectivity index (χ1v) is 7.34. The molecule has 0 aliphatic carbocycles. The molecule has 5 heteroatoms. The maximum Gasteiger partial charge on any atom is 0.137 e. The van der Waals surface area contributed by atoms with Crippen LogP contribution in [0, 0.1) is 0 Å². The highest BCUT2D eigenvalue weighted by molar-refractivity contribution is 9.10. The molecule has 0 unspecified atom stereocenters. The fourth-order valence-electron chi connectivity index (χ4n) is 2.25. The van der Waals surface area contributed by atoms with Gasteiger partial charge in [-0.25, -0.2) is 0 Å². The number of aliphatic hydroxyl groups is 1. The number of ether oxygens (including phenoxy) is 2. The van der Waals surface area contributed by atoms with Crippen LogP contribution in [-0.4, -0.2) is 62.2 Å². The second kappa shape index (κ2) is 6.70. The summed E-state index contributed by atoms with van der Waals surface area (Å²) in [5, 5.41) is 10.1. The van der Waals surface area contributed by atoms with Gasteiger partial charge in [0.15, 0.2) is 0 Å². The van der Waals surface area contributed by atoms with E-state index < -0.39 is 6.10 Å². The van der Waals surface area contributed by atoms with Crippen LogP contribution in [-0.2, 0) is 4.74 Å². The van der Waals surface area contributed by atoms with E-state index in [1.54, 1.807) is 0 Å². The lowest BCUT2D eigenvalue weighted by Gasteiger charge is -2.38. The molecule has 0 radical (unpaired) electrons. The summed E-state index contributed by atoms with van der Waals surface area (Å²) in [7, 11) is 2.16. The number of hydrogen-bond donors (Lipinski definition) is 1. The van der Waals surface area contributed by atoms with Crippen molar-refractivity contribution in [2.45, 2.75) is 6.10 Å². The average molecular weight is 331 g/mol. The normalized spacial score (nSPS) is 19.9. The van der Waals surface area contributed by atoms with Gasteiger partial charge in [0.05, 0.1) is 20.3 Å². The van der Waals surface area contributed by atoms with Crippen LogP contribution in [0.25, 0.3) is 0 Å². The van der Waals surface area contributed by atoms with Crippen molar-refractivity contribution in [2.75, 3.05) is 46.5 Å². The molecule has 0 bridgehead atoms. The van der Waals surface area contributed by atoms with Gasteiger partial charge in [0.2, 0.25) is 0 Å². The number of benzene rings is 1. The third-order valence-electron chi connectivity index (χ3n) is 3.46. The molecule has 1 aliphatic rings. The van der Waals surface area contributed by atoms with Crippen LogP contribution in [0.4, 0.5) is 0 Å². The van der Waals surface area contributed by atoms with Crippen molar-refractivity contribution in [2.24, 2.45) is 0 Å². The number of morpholine rings is 1. The van der Waals surface area contributed by atoms with Crippen LogP contribution < -0.4 is 4.74 Å². The average Bonchev–Trinajstić information content (AvgIpc) is 2.38. The van der Waals surface area contributed by atoms with E-state index in [1.165, 1.54) is 0 Å². The molecule has 0 aromatic heterocycles. The summed E-state index contributed by atoms with van der Waals surface area (Å²) < 4.78 is 12.8. The molecule has 4 nitrogen and oxygen atoms in total. The second-order valence-corrected chi connectivity index (χ2v) is 6.20. The van der Waals surface area contributed by atoms with E-state index in [9.17, 15) is 5.11 Å². The summed E-state index contributed by atoms with van der Waals surface area (Å²) in [5.74, 6) is 0.784. The molecule has 106 valence electrons. The lowest BCUT2D eigenvalue weighted by Crippen LogP contribution is -2.56. The van der Waals surface area contributed by atoms with Crippen LogP contribution in [0.15, 0.2) is 28.7 Å². The Bertz CT molecular complexity index is 390. The minimum atomic E-state index is -0.452. The Labute approximate surface area is 122 Å². The summed E-state index contributed by atoms with van der Waals surface area (Å²) in [6, 6.07) is 7.64. The minimum absolute atomic E-state index is 0.330. The molecule has 0 spiro atoms. The fraction of sp³-hybridized carbons (Fsp3) is 0.571. The zero-order valence-electron chi connectivity index (χ0n) is 11.2. The van der Waals surface area contributed by atoms with E-state index in [1.807, 2.05) is 24.3 Å². The first-order chi connectivity index (χ1) is 9.07. The van der Waals surface area contributed by atoms with Crippen LogP contribution in [0.2, 0.25) is 0 Å². The summed E-state index contributed by atoms with van der Waals surface area (Å²) in [6.07, 6.45) is -0.452. The molecule has 0 amide bonds. The van der Waals surface area contributed by atoms with Crippen molar-refractivity contribution in [1.82, 2.24) is 0 Å². The SMILES string of the molecule is C[N+]1(C[C@@H](O)COc2ccc(Br)cc2)CCOCC1. The standard InChI is InChI=1S/C14H21BrNO3/c1-16(6-8-18-9-7-16)10-13(17)11-19-14-4-2-12(15)3-5-14/h2-5,13,17H,6-11H2,1H3/q+1/t13-/m1/s1. The summed E-state index contributed by atoms with van der Waals surface area (Å²) in [4.78, 5) is 0. The molecule has 1 saturated heterocycles. The fourth-order valence-corrected chi connectivity index (χ4v) is 2.52. The zero-order valence-corrected chi connectivity index (χ0v) is 12.8. The third-order valence-corrected chi connectivity index (χ3v) is 3.99. The van der Waals surface area contributed by atoms with E-state index >= 15 is 0 Å². The molecule has 19 heavy (non-hydrogen) atoms. The smallest absolute Gasteiger partial charge is 0.137 e. The van der Waals surface area contributed by atoms with Crippen molar-refractivity contribution in [1.29, 1.82) is 0 Å². The lowest BCUT2D eigenvalue weighted by molar-refractivity contribution is -0.919. The highest BCUT2D eigenvalue weighted by Crippen LogP contribution is 2.16. The number of hydrogen-bond acceptors (Lipinski definition) is 3. The van der Waals surface area contributed by atoms with Gasteiger partial charge < -0.3 is 19.1 Å². The number of rotatable bonds is 5. The van der Waals surface area contributed by atoms with Crippen LogP contribution in [0.3, 0.4) is 0 Å². The highest BCUT2D eigenvalue weighted by atomic mass is 79.9. The quantitative estimate of drug-likeness (QED) is 0.834. The Balaban J connectivity index is 1.77. The Morgan fingerprint density at radius 1 is 1.32 bits per heavy atom. The van der Waals surface area contributed by atoms with E-state index in [4.69, 9.17) is 9.47 Å². The molecule has 0 saturated carbocycles. The molecular weight excluding hydrogens is 310 g/mol. The first-order valence-electron chi connectivity index (χ1n) is 6.55. The van der Waals surface area contributed by atoms with Gasteiger partial charge in [0, 0.05) is 4.47 Å². The summed E-state index contributed by atoms with van der Waals surface area (Å²) in [6.45, 7) is 4.49. The maximum absolute atomic E-state index is 10.1. The lowest BCUT2D eigenvalue weighted by atomic mass is 10.2. The number of aliphatic hydroxyl groups excluding tert-OH is 1. The van der Waals surface area contributed by atoms with Gasteiger partial charge in [-0.1, -0.05) is 15.9 Å². The molecular formula is C14H21BrNO3+. The first kappa shape index (κ1) is 14.8. The largest absolute Gasteiger partial charge is 0.491 e. The van der Waals surface area contributed by atoms with Crippen molar-refractivity contribution in [3.8, 4) is 5.75 Å². The molecule has 1 fully saturated rings. The van der Waals surface area contributed by atoms with E-state index in [2.05, 4.69) is 23.0 Å². The number of nitrogens with zero attached hydrogens (tertiary/aromatic N) is 1. The topological polar surface area (TPSA) is 38.7 Å². The summed E-state index contributed by atoms with van der Waals surface area (Å²) in [5.41, 5.74) is 0. The highest BCUT2D eigenvalue weighted by Gasteiger charge is 2.28. The Morgan fingerprint density at radius 3 is 2.58 bits per heavy atom. The molecule has 1 atom stereocenters. The predicted molar refractivity (Wildman–Crippen MR) is 77.2 cm³/mol. The summed E-state index contributed by atoms with van der Waals surface area (Å²) >= 11 is 3.38. The van der Waals surface area contributed by atoms with E-state index in [-0.39, 0.29) is 0 Å². The molecule has 1 aromatic rings. The van der Waals surface area contributed by atoms with Gasteiger partial charge in [-0.05, 0) is 24.3 Å². The van der Waals surface area contributed by atoms with Gasteiger partial charge in [-0.15, -0.1) is 0 Å². The molecule has 1 N–H and O–H groups in total. The number of halogens is 1. The third kappa shape index (κ3) is 4.76. The molecule has 1 aliphatic heterocycles. The molecule has 1 aromatic carbocycles. The molecule has 1 heterocycles. The molecule has 2 rings (SSSR count). The maximum atomic E-state index is 10.1. The Morgan fingerprint density at radius 2 is 1.95 bits per heavy atom. The number of quaternary nitrogens is 1. The van der Waals surface area contributed by atoms with Gasteiger partial charge in [0.1, 0.15) is 38.1 Å².